The van der Waals surface area contributed by atoms with Crippen molar-refractivity contribution >= 4 is 17.4 Å². The summed E-state index contributed by atoms with van der Waals surface area (Å²) in [6, 6.07) is -0.221. The van der Waals surface area contributed by atoms with Crippen molar-refractivity contribution in [2.45, 2.75) is 19.9 Å². The lowest BCUT2D eigenvalue weighted by Gasteiger charge is -2.06. The Morgan fingerprint density at radius 1 is 1.83 bits per heavy atom. The van der Waals surface area contributed by atoms with Gasteiger partial charge in [0.2, 0.25) is 0 Å². The van der Waals surface area contributed by atoms with Gasteiger partial charge in [0.1, 0.15) is 5.01 Å². The van der Waals surface area contributed by atoms with Gasteiger partial charge in [0.05, 0.1) is 6.04 Å². The van der Waals surface area contributed by atoms with Crippen molar-refractivity contribution in [1.29, 1.82) is 0 Å². The molecule has 1 rings (SSSR count). The molecule has 0 unspecified atom stereocenters. The fourth-order valence-corrected chi connectivity index (χ4v) is 1.62. The van der Waals surface area contributed by atoms with E-state index in [0.717, 1.165) is 10.7 Å². The lowest BCUT2D eigenvalue weighted by atomic mass is 10.4. The minimum absolute atomic E-state index is 0.221. The van der Waals surface area contributed by atoms with E-state index < -0.39 is 6.09 Å². The lowest BCUT2D eigenvalue weighted by molar-refractivity contribution is 0.191. The average Bonchev–Trinajstić information content (AvgIpc) is 2.34. The summed E-state index contributed by atoms with van der Waals surface area (Å²) in [6.45, 7) is 3.65. The summed E-state index contributed by atoms with van der Waals surface area (Å²) in [4.78, 5) is 14.4. The summed E-state index contributed by atoms with van der Waals surface area (Å²) in [7, 11) is 0. The molecule has 1 amide bonds. The first-order valence-electron chi connectivity index (χ1n) is 3.51. The van der Waals surface area contributed by atoms with Crippen molar-refractivity contribution in [3.63, 3.8) is 0 Å². The Hall–Kier alpha value is -1.10. The first-order chi connectivity index (χ1) is 5.59. The van der Waals surface area contributed by atoms with Gasteiger partial charge in [-0.25, -0.2) is 9.78 Å². The molecule has 2 N–H and O–H groups in total. The number of amides is 1. The van der Waals surface area contributed by atoms with E-state index in [9.17, 15) is 4.79 Å². The molecule has 66 valence electrons. The van der Waals surface area contributed by atoms with Gasteiger partial charge in [0.15, 0.2) is 0 Å². The first-order valence-corrected chi connectivity index (χ1v) is 4.39. The number of carbonyl (C=O) groups is 1. The van der Waals surface area contributed by atoms with E-state index in [1.807, 2.05) is 12.3 Å². The van der Waals surface area contributed by atoms with Crippen LogP contribution in [0, 0.1) is 6.92 Å². The monoisotopic (exact) mass is 186 g/mol. The van der Waals surface area contributed by atoms with E-state index in [1.165, 1.54) is 11.3 Å². The molecule has 0 saturated carbocycles. The smallest absolute Gasteiger partial charge is 0.405 e. The van der Waals surface area contributed by atoms with Crippen LogP contribution in [-0.2, 0) is 0 Å². The highest BCUT2D eigenvalue weighted by Crippen LogP contribution is 2.16. The van der Waals surface area contributed by atoms with Gasteiger partial charge >= 0.3 is 6.09 Å². The molecule has 1 atom stereocenters. The Balaban J connectivity index is 2.64. The van der Waals surface area contributed by atoms with Crippen LogP contribution in [0.3, 0.4) is 0 Å². The second-order valence-corrected chi connectivity index (χ2v) is 3.39. The summed E-state index contributed by atoms with van der Waals surface area (Å²) in [5, 5.41) is 13.5. The SMILES string of the molecule is Cc1csc([C@@H](C)NC(=O)O)n1. The van der Waals surface area contributed by atoms with Crippen LogP contribution in [0.1, 0.15) is 23.7 Å². The molecular formula is C7H10N2O2S. The average molecular weight is 186 g/mol. The second kappa shape index (κ2) is 3.53. The van der Waals surface area contributed by atoms with Crippen LogP contribution in [-0.4, -0.2) is 16.2 Å². The zero-order chi connectivity index (χ0) is 9.14. The molecule has 1 aromatic heterocycles. The van der Waals surface area contributed by atoms with E-state index in [2.05, 4.69) is 10.3 Å². The minimum Gasteiger partial charge on any atom is -0.465 e. The van der Waals surface area contributed by atoms with Crippen molar-refractivity contribution in [2.24, 2.45) is 0 Å². The number of rotatable bonds is 2. The zero-order valence-electron chi connectivity index (χ0n) is 6.87. The predicted molar refractivity (Wildman–Crippen MR) is 46.4 cm³/mol. The normalized spacial score (nSPS) is 12.5. The molecule has 0 aliphatic heterocycles. The molecule has 1 aromatic rings. The molecular weight excluding hydrogens is 176 g/mol. The maximum absolute atomic E-state index is 10.3. The predicted octanol–water partition coefficient (Wildman–Crippen LogP) is 1.78. The highest BCUT2D eigenvalue weighted by Gasteiger charge is 2.10. The third kappa shape index (κ3) is 2.20. The summed E-state index contributed by atoms with van der Waals surface area (Å²) in [5.41, 5.74) is 0.925. The van der Waals surface area contributed by atoms with Crippen LogP contribution in [0.4, 0.5) is 4.79 Å². The molecule has 0 fully saturated rings. The molecule has 0 bridgehead atoms. The molecule has 0 spiro atoms. The van der Waals surface area contributed by atoms with Crippen molar-refractivity contribution < 1.29 is 9.90 Å². The quantitative estimate of drug-likeness (QED) is 0.740. The molecule has 5 heteroatoms. The topological polar surface area (TPSA) is 62.2 Å². The number of thiazole rings is 1. The molecule has 0 radical (unpaired) electrons. The minimum atomic E-state index is -1.02. The fraction of sp³-hybridized carbons (Fsp3) is 0.429. The number of hydrogen-bond donors (Lipinski definition) is 2. The molecule has 1 heterocycles. The summed E-state index contributed by atoms with van der Waals surface area (Å²) in [6.07, 6.45) is -1.02. The zero-order valence-corrected chi connectivity index (χ0v) is 7.68. The van der Waals surface area contributed by atoms with Gasteiger partial charge in [-0.3, -0.25) is 0 Å². The van der Waals surface area contributed by atoms with E-state index in [1.54, 1.807) is 6.92 Å². The maximum atomic E-state index is 10.3. The Kier molecular flexibility index (Phi) is 2.65. The van der Waals surface area contributed by atoms with Crippen molar-refractivity contribution in [3.8, 4) is 0 Å². The number of nitrogens with zero attached hydrogens (tertiary/aromatic N) is 1. The van der Waals surface area contributed by atoms with Crippen molar-refractivity contribution in [2.75, 3.05) is 0 Å². The Morgan fingerprint density at radius 2 is 2.50 bits per heavy atom. The van der Waals surface area contributed by atoms with E-state index in [-0.39, 0.29) is 6.04 Å². The highest BCUT2D eigenvalue weighted by atomic mass is 32.1. The number of nitrogens with one attached hydrogen (secondary N) is 1. The standard InChI is InChI=1S/C7H10N2O2S/c1-4-3-12-6(8-4)5(2)9-7(10)11/h3,5,9H,1-2H3,(H,10,11)/t5-/m1/s1. The van der Waals surface area contributed by atoms with E-state index in [4.69, 9.17) is 5.11 Å². The number of aromatic nitrogens is 1. The fourth-order valence-electron chi connectivity index (χ4n) is 0.818. The Bertz CT molecular complexity index is 285. The van der Waals surface area contributed by atoms with E-state index in [0.29, 0.717) is 0 Å². The van der Waals surface area contributed by atoms with Gasteiger partial charge in [0.25, 0.3) is 0 Å². The Morgan fingerprint density at radius 3 is 2.92 bits per heavy atom. The lowest BCUT2D eigenvalue weighted by Crippen LogP contribution is -2.24. The molecule has 0 aliphatic carbocycles. The number of aryl methyl sites for hydroxylation is 1. The number of hydrogen-bond acceptors (Lipinski definition) is 3. The summed E-state index contributed by atoms with van der Waals surface area (Å²) in [5.74, 6) is 0. The second-order valence-electron chi connectivity index (χ2n) is 2.50. The maximum Gasteiger partial charge on any atom is 0.405 e. The van der Waals surface area contributed by atoms with Gasteiger partial charge in [-0.1, -0.05) is 0 Å². The van der Waals surface area contributed by atoms with E-state index >= 15 is 0 Å². The highest BCUT2D eigenvalue weighted by molar-refractivity contribution is 7.09. The number of carboxylic acid groups (broad SMARTS) is 1. The van der Waals surface area contributed by atoms with Crippen LogP contribution in [0.5, 0.6) is 0 Å². The summed E-state index contributed by atoms with van der Waals surface area (Å²) < 4.78 is 0. The third-order valence-electron chi connectivity index (χ3n) is 1.35. The molecule has 0 aromatic carbocycles. The van der Waals surface area contributed by atoms with Crippen LogP contribution in [0.15, 0.2) is 5.38 Å². The van der Waals surface area contributed by atoms with Gasteiger partial charge in [-0.2, -0.15) is 0 Å². The molecule has 0 aliphatic rings. The van der Waals surface area contributed by atoms with Crippen LogP contribution in [0.25, 0.3) is 0 Å². The van der Waals surface area contributed by atoms with Gasteiger partial charge in [-0.05, 0) is 13.8 Å². The van der Waals surface area contributed by atoms with Gasteiger partial charge in [-0.15, -0.1) is 11.3 Å². The summed E-state index contributed by atoms with van der Waals surface area (Å²) >= 11 is 1.46. The van der Waals surface area contributed by atoms with Crippen LogP contribution >= 0.6 is 11.3 Å². The van der Waals surface area contributed by atoms with Crippen LogP contribution < -0.4 is 5.32 Å². The van der Waals surface area contributed by atoms with Crippen molar-refractivity contribution in [3.05, 3.63) is 16.1 Å². The van der Waals surface area contributed by atoms with Gasteiger partial charge in [0, 0.05) is 11.1 Å². The molecule has 0 saturated heterocycles. The van der Waals surface area contributed by atoms with Gasteiger partial charge < -0.3 is 10.4 Å². The largest absolute Gasteiger partial charge is 0.465 e. The van der Waals surface area contributed by atoms with Crippen molar-refractivity contribution in [1.82, 2.24) is 10.3 Å². The Labute approximate surface area is 74.3 Å². The first kappa shape index (κ1) is 8.99. The molecule has 12 heavy (non-hydrogen) atoms. The van der Waals surface area contributed by atoms with Crippen LogP contribution in [0.2, 0.25) is 0 Å². The third-order valence-corrected chi connectivity index (χ3v) is 2.49. The molecule has 4 nitrogen and oxygen atoms in total.